The third-order valence-electron chi connectivity index (χ3n) is 6.71. The molecule has 0 bridgehead atoms. The van der Waals surface area contributed by atoms with Crippen molar-refractivity contribution in [1.82, 2.24) is 19.8 Å². The summed E-state index contributed by atoms with van der Waals surface area (Å²) in [6.45, 7) is 3.06. The van der Waals surface area contributed by atoms with Crippen molar-refractivity contribution in [1.29, 1.82) is 0 Å². The fraction of sp³-hybridized carbons (Fsp3) is 0.762. The fourth-order valence-corrected chi connectivity index (χ4v) is 5.01. The van der Waals surface area contributed by atoms with E-state index in [1.807, 2.05) is 11.9 Å². The van der Waals surface area contributed by atoms with Gasteiger partial charge < -0.3 is 19.5 Å². The highest BCUT2D eigenvalue weighted by Crippen LogP contribution is 2.31. The van der Waals surface area contributed by atoms with E-state index in [-0.39, 0.29) is 29.4 Å². The number of piperidine rings is 1. The molecular formula is C21H32N4O3. The van der Waals surface area contributed by atoms with Crippen LogP contribution in [0.4, 0.5) is 0 Å². The molecule has 1 aromatic rings. The number of methoxy groups -OCH3 is 1. The zero-order valence-corrected chi connectivity index (χ0v) is 17.1. The SMILES string of the molecule is COC1CCCC(C(=O)N2CCCC(c3nc4c(c(=O)[nH]3)CN(C)CC4)C2)C1. The average Bonchev–Trinajstić information content (AvgIpc) is 2.73. The van der Waals surface area contributed by atoms with Gasteiger partial charge in [-0.05, 0) is 39.2 Å². The number of likely N-dealkylation sites (N-methyl/N-ethyl adjacent to an activating group) is 1. The van der Waals surface area contributed by atoms with Gasteiger partial charge >= 0.3 is 0 Å². The van der Waals surface area contributed by atoms with E-state index in [0.717, 1.165) is 75.1 Å². The minimum Gasteiger partial charge on any atom is -0.381 e. The van der Waals surface area contributed by atoms with Gasteiger partial charge in [0.1, 0.15) is 5.82 Å². The Hall–Kier alpha value is -1.73. The molecule has 7 heteroatoms. The van der Waals surface area contributed by atoms with Gasteiger partial charge in [-0.25, -0.2) is 4.98 Å². The summed E-state index contributed by atoms with van der Waals surface area (Å²) in [4.78, 5) is 37.7. The lowest BCUT2D eigenvalue weighted by atomic mass is 9.85. The maximum absolute atomic E-state index is 13.1. The zero-order valence-electron chi connectivity index (χ0n) is 17.1. The molecule has 1 aliphatic carbocycles. The summed E-state index contributed by atoms with van der Waals surface area (Å²) in [6, 6.07) is 0. The summed E-state index contributed by atoms with van der Waals surface area (Å²) in [7, 11) is 3.77. The Kier molecular flexibility index (Phi) is 5.83. The molecule has 1 aromatic heterocycles. The Labute approximate surface area is 166 Å². The number of nitrogens with one attached hydrogen (secondary N) is 1. The first-order valence-electron chi connectivity index (χ1n) is 10.7. The Morgan fingerprint density at radius 1 is 1.21 bits per heavy atom. The first-order valence-corrected chi connectivity index (χ1v) is 10.7. The number of hydrogen-bond acceptors (Lipinski definition) is 5. The van der Waals surface area contributed by atoms with Crippen LogP contribution in [0.5, 0.6) is 0 Å². The second-order valence-electron chi connectivity index (χ2n) is 8.71. The number of amides is 1. The minimum absolute atomic E-state index is 0.00906. The van der Waals surface area contributed by atoms with Crippen LogP contribution in [0.1, 0.15) is 61.5 Å². The number of hydrogen-bond donors (Lipinski definition) is 1. The third-order valence-corrected chi connectivity index (χ3v) is 6.71. The van der Waals surface area contributed by atoms with Crippen molar-refractivity contribution < 1.29 is 9.53 Å². The molecule has 3 atom stereocenters. The number of nitrogens with zero attached hydrogens (tertiary/aromatic N) is 3. The van der Waals surface area contributed by atoms with Crippen LogP contribution in [-0.2, 0) is 22.5 Å². The van der Waals surface area contributed by atoms with Crippen LogP contribution in [0.15, 0.2) is 4.79 Å². The van der Waals surface area contributed by atoms with Gasteiger partial charge in [0.15, 0.2) is 0 Å². The molecular weight excluding hydrogens is 356 g/mol. The van der Waals surface area contributed by atoms with Crippen LogP contribution in [0.25, 0.3) is 0 Å². The molecule has 2 aliphatic heterocycles. The zero-order chi connectivity index (χ0) is 19.7. The van der Waals surface area contributed by atoms with E-state index in [0.29, 0.717) is 13.1 Å². The van der Waals surface area contributed by atoms with Crippen molar-refractivity contribution in [2.24, 2.45) is 5.92 Å². The number of carbonyl (C=O) groups is 1. The molecule has 1 saturated heterocycles. The van der Waals surface area contributed by atoms with E-state index in [1.165, 1.54) is 0 Å². The van der Waals surface area contributed by atoms with Crippen molar-refractivity contribution in [3.8, 4) is 0 Å². The molecule has 154 valence electrons. The quantitative estimate of drug-likeness (QED) is 0.852. The Morgan fingerprint density at radius 3 is 2.89 bits per heavy atom. The number of fused-ring (bicyclic) bond motifs is 1. The number of rotatable bonds is 3. The van der Waals surface area contributed by atoms with Gasteiger partial charge in [-0.2, -0.15) is 0 Å². The number of H-pyrrole nitrogens is 1. The Morgan fingerprint density at radius 2 is 2.07 bits per heavy atom. The van der Waals surface area contributed by atoms with Crippen LogP contribution in [0.3, 0.4) is 0 Å². The summed E-state index contributed by atoms with van der Waals surface area (Å²) in [5, 5.41) is 0. The molecule has 0 radical (unpaired) electrons. The van der Waals surface area contributed by atoms with E-state index in [4.69, 9.17) is 9.72 Å². The second-order valence-corrected chi connectivity index (χ2v) is 8.71. The van der Waals surface area contributed by atoms with Crippen molar-refractivity contribution in [2.75, 3.05) is 33.8 Å². The lowest BCUT2D eigenvalue weighted by Crippen LogP contribution is -2.44. The van der Waals surface area contributed by atoms with Gasteiger partial charge in [-0.1, -0.05) is 6.42 Å². The molecule has 1 amide bonds. The number of aromatic nitrogens is 2. The number of ether oxygens (including phenoxy) is 1. The van der Waals surface area contributed by atoms with Gasteiger partial charge in [0.25, 0.3) is 5.56 Å². The summed E-state index contributed by atoms with van der Waals surface area (Å²) in [5.41, 5.74) is 1.73. The second kappa shape index (κ2) is 8.33. The van der Waals surface area contributed by atoms with Gasteiger partial charge in [0.2, 0.25) is 5.91 Å². The molecule has 3 aliphatic rings. The number of likely N-dealkylation sites (tertiary alicyclic amines) is 1. The highest BCUT2D eigenvalue weighted by atomic mass is 16.5. The monoisotopic (exact) mass is 388 g/mol. The molecule has 1 saturated carbocycles. The lowest BCUT2D eigenvalue weighted by Gasteiger charge is -2.37. The first-order chi connectivity index (χ1) is 13.5. The van der Waals surface area contributed by atoms with Crippen LogP contribution < -0.4 is 5.56 Å². The summed E-state index contributed by atoms with van der Waals surface area (Å²) >= 11 is 0. The van der Waals surface area contributed by atoms with Crippen molar-refractivity contribution in [3.05, 3.63) is 27.4 Å². The molecule has 3 unspecified atom stereocenters. The largest absolute Gasteiger partial charge is 0.381 e. The van der Waals surface area contributed by atoms with E-state index < -0.39 is 0 Å². The molecule has 7 nitrogen and oxygen atoms in total. The third kappa shape index (κ3) is 4.01. The maximum Gasteiger partial charge on any atom is 0.255 e. The van der Waals surface area contributed by atoms with E-state index in [1.54, 1.807) is 7.11 Å². The molecule has 2 fully saturated rings. The highest BCUT2D eigenvalue weighted by Gasteiger charge is 2.34. The standard InChI is InChI=1S/C21H32N4O3/c1-24-10-8-18-17(13-24)20(26)23-19(22-18)15-6-4-9-25(12-15)21(27)14-5-3-7-16(11-14)28-2/h14-16H,3-13H2,1-2H3,(H,22,23,26). The van der Waals surface area contributed by atoms with Gasteiger partial charge in [0.05, 0.1) is 17.4 Å². The van der Waals surface area contributed by atoms with E-state index >= 15 is 0 Å². The molecule has 0 aromatic carbocycles. The summed E-state index contributed by atoms with van der Waals surface area (Å²) < 4.78 is 5.50. The van der Waals surface area contributed by atoms with E-state index in [9.17, 15) is 9.59 Å². The maximum atomic E-state index is 13.1. The van der Waals surface area contributed by atoms with Crippen LogP contribution in [0.2, 0.25) is 0 Å². The van der Waals surface area contributed by atoms with E-state index in [2.05, 4.69) is 9.88 Å². The predicted octanol–water partition coefficient (Wildman–Crippen LogP) is 1.67. The van der Waals surface area contributed by atoms with Crippen LogP contribution in [-0.4, -0.2) is 65.6 Å². The molecule has 1 N–H and O–H groups in total. The first kappa shape index (κ1) is 19.6. The van der Waals surface area contributed by atoms with Crippen LogP contribution >= 0.6 is 0 Å². The molecule has 3 heterocycles. The number of aromatic amines is 1. The van der Waals surface area contributed by atoms with Crippen molar-refractivity contribution in [2.45, 2.75) is 63.5 Å². The van der Waals surface area contributed by atoms with Crippen LogP contribution in [0, 0.1) is 5.92 Å². The van der Waals surface area contributed by atoms with Gasteiger partial charge in [-0.3, -0.25) is 9.59 Å². The topological polar surface area (TPSA) is 78.5 Å². The van der Waals surface area contributed by atoms with Gasteiger partial charge in [-0.15, -0.1) is 0 Å². The smallest absolute Gasteiger partial charge is 0.255 e. The van der Waals surface area contributed by atoms with Crippen molar-refractivity contribution in [3.63, 3.8) is 0 Å². The van der Waals surface area contributed by atoms with Crippen molar-refractivity contribution >= 4 is 5.91 Å². The molecule has 0 spiro atoms. The summed E-state index contributed by atoms with van der Waals surface area (Å²) in [6.07, 6.45) is 6.85. The highest BCUT2D eigenvalue weighted by molar-refractivity contribution is 5.79. The fourth-order valence-electron chi connectivity index (χ4n) is 5.01. The summed E-state index contributed by atoms with van der Waals surface area (Å²) in [5.74, 6) is 1.22. The predicted molar refractivity (Wildman–Crippen MR) is 106 cm³/mol. The average molecular weight is 389 g/mol. The normalized spacial score (nSPS) is 28.8. The molecule has 28 heavy (non-hydrogen) atoms. The number of carbonyl (C=O) groups excluding carboxylic acids is 1. The lowest BCUT2D eigenvalue weighted by molar-refractivity contribution is -0.139. The molecule has 4 rings (SSSR count). The Bertz CT molecular complexity index is 777. The van der Waals surface area contributed by atoms with Gasteiger partial charge in [0, 0.05) is 51.5 Å². The minimum atomic E-state index is -0.00906. The Balaban J connectivity index is 1.47.